The standard InChI is InChI=1S/C14H19N3OS/c1-5-17-12(6-7-15-17)9-16(4)14(18)13-8-10(2)11(3)19-13/h6-8H,5,9H2,1-4H3. The summed E-state index contributed by atoms with van der Waals surface area (Å²) in [5, 5.41) is 4.22. The van der Waals surface area contributed by atoms with Gasteiger partial charge in [0.25, 0.3) is 5.91 Å². The Labute approximate surface area is 117 Å². The summed E-state index contributed by atoms with van der Waals surface area (Å²) >= 11 is 1.56. The molecule has 0 aliphatic carbocycles. The fourth-order valence-electron chi connectivity index (χ4n) is 1.96. The molecule has 0 atom stereocenters. The number of aromatic nitrogens is 2. The van der Waals surface area contributed by atoms with Crippen molar-refractivity contribution in [2.24, 2.45) is 0 Å². The number of nitrogens with zero attached hydrogens (tertiary/aromatic N) is 3. The van der Waals surface area contributed by atoms with Gasteiger partial charge >= 0.3 is 0 Å². The molecule has 2 aromatic rings. The fraction of sp³-hybridized carbons (Fsp3) is 0.429. The lowest BCUT2D eigenvalue weighted by molar-refractivity contribution is 0.0786. The average Bonchev–Trinajstić information content (AvgIpc) is 2.96. The quantitative estimate of drug-likeness (QED) is 0.862. The van der Waals surface area contributed by atoms with Gasteiger partial charge in [-0.3, -0.25) is 9.48 Å². The van der Waals surface area contributed by atoms with Gasteiger partial charge in [0.2, 0.25) is 0 Å². The molecule has 0 spiro atoms. The molecule has 0 fully saturated rings. The summed E-state index contributed by atoms with van der Waals surface area (Å²) in [4.78, 5) is 16.1. The minimum absolute atomic E-state index is 0.0741. The molecule has 19 heavy (non-hydrogen) atoms. The summed E-state index contributed by atoms with van der Waals surface area (Å²) in [5.41, 5.74) is 2.24. The molecule has 0 N–H and O–H groups in total. The van der Waals surface area contributed by atoms with Crippen LogP contribution in [0.15, 0.2) is 18.3 Å². The average molecular weight is 277 g/mol. The summed E-state index contributed by atoms with van der Waals surface area (Å²) in [6.45, 7) is 7.53. The molecular weight excluding hydrogens is 258 g/mol. The van der Waals surface area contributed by atoms with E-state index in [9.17, 15) is 4.79 Å². The highest BCUT2D eigenvalue weighted by molar-refractivity contribution is 7.14. The molecule has 2 aromatic heterocycles. The minimum atomic E-state index is 0.0741. The molecule has 2 heterocycles. The van der Waals surface area contributed by atoms with Gasteiger partial charge in [-0.25, -0.2) is 0 Å². The van der Waals surface area contributed by atoms with E-state index in [1.54, 1.807) is 22.4 Å². The predicted molar refractivity (Wildman–Crippen MR) is 77.5 cm³/mol. The number of carbonyl (C=O) groups is 1. The Hall–Kier alpha value is -1.62. The maximum Gasteiger partial charge on any atom is 0.264 e. The van der Waals surface area contributed by atoms with Crippen LogP contribution in [0.3, 0.4) is 0 Å². The third-order valence-electron chi connectivity index (χ3n) is 3.23. The first-order valence-corrected chi connectivity index (χ1v) is 7.17. The van der Waals surface area contributed by atoms with Gasteiger partial charge in [0.15, 0.2) is 0 Å². The van der Waals surface area contributed by atoms with Gasteiger partial charge in [-0.15, -0.1) is 11.3 Å². The van der Waals surface area contributed by atoms with E-state index in [2.05, 4.69) is 5.10 Å². The number of amides is 1. The minimum Gasteiger partial charge on any atom is -0.335 e. The van der Waals surface area contributed by atoms with Crippen molar-refractivity contribution in [3.63, 3.8) is 0 Å². The first kappa shape index (κ1) is 13.8. The summed E-state index contributed by atoms with van der Waals surface area (Å²) < 4.78 is 1.91. The molecule has 2 rings (SSSR count). The molecule has 0 bridgehead atoms. The van der Waals surface area contributed by atoms with Crippen molar-refractivity contribution >= 4 is 17.2 Å². The molecule has 102 valence electrons. The molecular formula is C14H19N3OS. The Kier molecular flexibility index (Phi) is 4.04. The van der Waals surface area contributed by atoms with Crippen molar-refractivity contribution in [1.82, 2.24) is 14.7 Å². The number of rotatable bonds is 4. The van der Waals surface area contributed by atoms with E-state index in [0.29, 0.717) is 6.54 Å². The van der Waals surface area contributed by atoms with Crippen LogP contribution in [0, 0.1) is 13.8 Å². The first-order valence-electron chi connectivity index (χ1n) is 6.36. The van der Waals surface area contributed by atoms with Crippen molar-refractivity contribution in [2.45, 2.75) is 33.9 Å². The summed E-state index contributed by atoms with van der Waals surface area (Å²) in [6, 6.07) is 3.92. The Morgan fingerprint density at radius 3 is 2.79 bits per heavy atom. The monoisotopic (exact) mass is 277 g/mol. The second-order valence-electron chi connectivity index (χ2n) is 4.65. The molecule has 4 nitrogen and oxygen atoms in total. The van der Waals surface area contributed by atoms with Crippen molar-refractivity contribution < 1.29 is 4.79 Å². The van der Waals surface area contributed by atoms with E-state index < -0.39 is 0 Å². The van der Waals surface area contributed by atoms with E-state index in [0.717, 1.165) is 17.1 Å². The zero-order valence-electron chi connectivity index (χ0n) is 11.8. The molecule has 0 saturated heterocycles. The van der Waals surface area contributed by atoms with Gasteiger partial charge in [-0.2, -0.15) is 5.10 Å². The van der Waals surface area contributed by atoms with E-state index in [1.807, 2.05) is 44.6 Å². The summed E-state index contributed by atoms with van der Waals surface area (Å²) in [5.74, 6) is 0.0741. The molecule has 0 saturated carbocycles. The second-order valence-corrected chi connectivity index (χ2v) is 5.91. The Balaban J connectivity index is 2.11. The van der Waals surface area contributed by atoms with Gasteiger partial charge in [0, 0.05) is 24.7 Å². The Morgan fingerprint density at radius 1 is 1.47 bits per heavy atom. The van der Waals surface area contributed by atoms with E-state index >= 15 is 0 Å². The number of aryl methyl sites for hydroxylation is 3. The number of hydrogen-bond donors (Lipinski definition) is 0. The van der Waals surface area contributed by atoms with Crippen LogP contribution in [-0.4, -0.2) is 27.6 Å². The molecule has 0 aliphatic heterocycles. The highest BCUT2D eigenvalue weighted by Crippen LogP contribution is 2.22. The first-order chi connectivity index (χ1) is 9.02. The summed E-state index contributed by atoms with van der Waals surface area (Å²) in [7, 11) is 1.83. The highest BCUT2D eigenvalue weighted by Gasteiger charge is 2.16. The smallest absolute Gasteiger partial charge is 0.264 e. The van der Waals surface area contributed by atoms with Crippen LogP contribution in [0.5, 0.6) is 0 Å². The number of thiophene rings is 1. The molecule has 0 aromatic carbocycles. The predicted octanol–water partition coefficient (Wildman–Crippen LogP) is 2.85. The number of carbonyl (C=O) groups excluding carboxylic acids is 1. The van der Waals surface area contributed by atoms with Gasteiger partial charge in [0.1, 0.15) is 0 Å². The largest absolute Gasteiger partial charge is 0.335 e. The SMILES string of the molecule is CCn1nccc1CN(C)C(=O)c1cc(C)c(C)s1. The molecule has 0 radical (unpaired) electrons. The lowest BCUT2D eigenvalue weighted by Gasteiger charge is -2.16. The van der Waals surface area contributed by atoms with Crippen LogP contribution < -0.4 is 0 Å². The van der Waals surface area contributed by atoms with Crippen LogP contribution in [0.25, 0.3) is 0 Å². The van der Waals surface area contributed by atoms with Crippen molar-refractivity contribution in [3.8, 4) is 0 Å². The van der Waals surface area contributed by atoms with Crippen LogP contribution in [-0.2, 0) is 13.1 Å². The van der Waals surface area contributed by atoms with Crippen LogP contribution in [0.4, 0.5) is 0 Å². The highest BCUT2D eigenvalue weighted by atomic mass is 32.1. The van der Waals surface area contributed by atoms with Crippen LogP contribution in [0.2, 0.25) is 0 Å². The van der Waals surface area contributed by atoms with Gasteiger partial charge in [0.05, 0.1) is 17.1 Å². The van der Waals surface area contributed by atoms with E-state index in [4.69, 9.17) is 0 Å². The van der Waals surface area contributed by atoms with Crippen LogP contribution in [0.1, 0.15) is 32.7 Å². The van der Waals surface area contributed by atoms with Gasteiger partial charge in [-0.05, 0) is 38.5 Å². The third kappa shape index (κ3) is 2.87. The fourth-order valence-corrected chi connectivity index (χ4v) is 2.99. The van der Waals surface area contributed by atoms with Crippen molar-refractivity contribution in [2.75, 3.05) is 7.05 Å². The Bertz CT molecular complexity index is 566. The van der Waals surface area contributed by atoms with E-state index in [1.165, 1.54) is 10.4 Å². The molecule has 5 heteroatoms. The van der Waals surface area contributed by atoms with Crippen LogP contribution >= 0.6 is 11.3 Å². The number of hydrogen-bond acceptors (Lipinski definition) is 3. The van der Waals surface area contributed by atoms with Crippen molar-refractivity contribution in [3.05, 3.63) is 39.3 Å². The molecule has 1 amide bonds. The topological polar surface area (TPSA) is 38.1 Å². The maximum absolute atomic E-state index is 12.3. The van der Waals surface area contributed by atoms with Gasteiger partial charge < -0.3 is 4.90 Å². The normalized spacial score (nSPS) is 10.7. The molecule has 0 unspecified atom stereocenters. The second kappa shape index (κ2) is 5.57. The zero-order valence-corrected chi connectivity index (χ0v) is 12.6. The molecule has 0 aliphatic rings. The third-order valence-corrected chi connectivity index (χ3v) is 4.37. The Morgan fingerprint density at radius 2 is 2.21 bits per heavy atom. The van der Waals surface area contributed by atoms with Crippen molar-refractivity contribution in [1.29, 1.82) is 0 Å². The van der Waals surface area contributed by atoms with Gasteiger partial charge in [-0.1, -0.05) is 0 Å². The zero-order chi connectivity index (χ0) is 14.0. The lowest BCUT2D eigenvalue weighted by Crippen LogP contribution is -2.26. The lowest BCUT2D eigenvalue weighted by atomic mass is 10.2. The maximum atomic E-state index is 12.3. The summed E-state index contributed by atoms with van der Waals surface area (Å²) in [6.07, 6.45) is 1.77. The van der Waals surface area contributed by atoms with E-state index in [-0.39, 0.29) is 5.91 Å².